The summed E-state index contributed by atoms with van der Waals surface area (Å²) in [4.78, 5) is 29.0. The van der Waals surface area contributed by atoms with Crippen LogP contribution in [-0.2, 0) is 10.2 Å². The Hall–Kier alpha value is -4.05. The van der Waals surface area contributed by atoms with E-state index in [1.54, 1.807) is 30.3 Å². The van der Waals surface area contributed by atoms with Crippen LogP contribution in [0.5, 0.6) is 11.5 Å². The fourth-order valence-electron chi connectivity index (χ4n) is 3.94. The van der Waals surface area contributed by atoms with Crippen LogP contribution in [0, 0.1) is 6.92 Å². The Morgan fingerprint density at radius 3 is 2.32 bits per heavy atom. The first kappa shape index (κ1) is 27.5. The number of hydrogen-bond donors (Lipinski definition) is 3. The number of amides is 1. The number of nitrogens with two attached hydrogens (primary N) is 1. The zero-order valence-electron chi connectivity index (χ0n) is 21.0. The molecule has 0 unspecified atom stereocenters. The van der Waals surface area contributed by atoms with Crippen LogP contribution >= 0.6 is 0 Å². The Balaban J connectivity index is 0.000000907. The second kappa shape index (κ2) is 10.9. The van der Waals surface area contributed by atoms with Gasteiger partial charge < -0.3 is 25.6 Å². The van der Waals surface area contributed by atoms with E-state index in [1.165, 1.54) is 31.3 Å². The number of anilines is 1. The van der Waals surface area contributed by atoms with Gasteiger partial charge in [-0.1, -0.05) is 38.1 Å². The fraction of sp³-hybridized carbons (Fsp3) is 0.296. The molecular weight excluding hydrogens is 484 g/mol. The third-order valence-electron chi connectivity index (χ3n) is 5.86. The summed E-state index contributed by atoms with van der Waals surface area (Å²) < 4.78 is 35.6. The van der Waals surface area contributed by atoms with Crippen LogP contribution in [0.25, 0.3) is 11.3 Å². The van der Waals surface area contributed by atoms with Crippen LogP contribution < -0.4 is 20.5 Å². The van der Waals surface area contributed by atoms with Crippen LogP contribution in [0.15, 0.2) is 54.6 Å². The third kappa shape index (κ3) is 5.69. The van der Waals surface area contributed by atoms with E-state index in [0.717, 1.165) is 5.56 Å². The Morgan fingerprint density at radius 2 is 1.68 bits per heavy atom. The van der Waals surface area contributed by atoms with Gasteiger partial charge in [-0.05, 0) is 68.3 Å². The summed E-state index contributed by atoms with van der Waals surface area (Å²) in [6.45, 7) is 5.84. The molecule has 1 amide bonds. The highest BCUT2D eigenvalue weighted by Crippen LogP contribution is 2.52. The number of carbonyl (C=O) groups is 2. The van der Waals surface area contributed by atoms with E-state index in [1.807, 2.05) is 20.8 Å². The minimum Gasteiger partial charge on any atom is -0.478 e. The quantitative estimate of drug-likeness (QED) is 0.420. The Bertz CT molecular complexity index is 1310. The number of nitrogens with zero attached hydrogens (tertiary/aromatic N) is 1. The van der Waals surface area contributed by atoms with Crippen molar-refractivity contribution in [2.75, 3.05) is 12.4 Å². The van der Waals surface area contributed by atoms with Crippen molar-refractivity contribution in [1.29, 1.82) is 0 Å². The lowest BCUT2D eigenvalue weighted by molar-refractivity contribution is -0.286. The number of aryl methyl sites for hydroxylation is 1. The molecule has 0 spiro atoms. The zero-order valence-corrected chi connectivity index (χ0v) is 21.0. The second-order valence-corrected chi connectivity index (χ2v) is 8.11. The summed E-state index contributed by atoms with van der Waals surface area (Å²) in [5, 5.41) is 12.1. The predicted molar refractivity (Wildman–Crippen MR) is 135 cm³/mol. The van der Waals surface area contributed by atoms with Crippen LogP contribution in [0.3, 0.4) is 0 Å². The topological polar surface area (TPSA) is 124 Å². The summed E-state index contributed by atoms with van der Waals surface area (Å²) in [7, 11) is 1.50. The molecule has 0 saturated heterocycles. The number of carboxylic acid groups (broad SMARTS) is 1. The van der Waals surface area contributed by atoms with Crippen LogP contribution in [-0.4, -0.2) is 35.3 Å². The van der Waals surface area contributed by atoms with Gasteiger partial charge in [-0.3, -0.25) is 4.79 Å². The Kier molecular flexibility index (Phi) is 8.12. The van der Waals surface area contributed by atoms with Crippen molar-refractivity contribution in [1.82, 2.24) is 4.98 Å². The molecule has 0 radical (unpaired) electrons. The monoisotopic (exact) mass is 513 g/mol. The van der Waals surface area contributed by atoms with Crippen molar-refractivity contribution in [2.45, 2.75) is 45.3 Å². The third-order valence-corrected chi connectivity index (χ3v) is 5.86. The van der Waals surface area contributed by atoms with Gasteiger partial charge in [0, 0.05) is 5.56 Å². The molecular formula is C27H29F2N3O5. The molecule has 0 atom stereocenters. The number of hydrogen-bond acceptors (Lipinski definition) is 6. The first-order valence-electron chi connectivity index (χ1n) is 11.8. The van der Waals surface area contributed by atoms with E-state index in [0.29, 0.717) is 35.5 Å². The molecule has 2 aromatic carbocycles. The minimum atomic E-state index is -3.72. The molecule has 5 rings (SSSR count). The summed E-state index contributed by atoms with van der Waals surface area (Å²) >= 11 is 0. The molecule has 2 aliphatic rings. The van der Waals surface area contributed by atoms with Crippen LogP contribution in [0.4, 0.5) is 14.6 Å². The molecule has 1 aliphatic heterocycles. The van der Waals surface area contributed by atoms with Gasteiger partial charge in [0.15, 0.2) is 11.5 Å². The highest BCUT2D eigenvalue weighted by atomic mass is 19.3. The largest absolute Gasteiger partial charge is 0.586 e. The van der Waals surface area contributed by atoms with Gasteiger partial charge in [-0.25, -0.2) is 9.78 Å². The zero-order chi connectivity index (χ0) is 27.4. The number of aromatic nitrogens is 1. The van der Waals surface area contributed by atoms with Gasteiger partial charge in [0.1, 0.15) is 5.82 Å². The molecule has 196 valence electrons. The molecule has 0 bridgehead atoms. The average Bonchev–Trinajstić information content (AvgIpc) is 3.64. The molecule has 37 heavy (non-hydrogen) atoms. The summed E-state index contributed by atoms with van der Waals surface area (Å²) in [6, 6.07) is 14.2. The normalized spacial score (nSPS) is 15.3. The summed E-state index contributed by atoms with van der Waals surface area (Å²) in [6.07, 6.45) is -2.62. The number of carbonyl (C=O) groups excluding carboxylic acids is 1. The number of benzene rings is 2. The van der Waals surface area contributed by atoms with Gasteiger partial charge in [0.25, 0.3) is 0 Å². The van der Waals surface area contributed by atoms with Crippen molar-refractivity contribution in [3.8, 4) is 22.8 Å². The number of fused-ring (bicyclic) bond motifs is 1. The van der Waals surface area contributed by atoms with E-state index in [-0.39, 0.29) is 23.0 Å². The summed E-state index contributed by atoms with van der Waals surface area (Å²) in [5.74, 6) is -1.23. The maximum absolute atomic E-state index is 13.3. The highest BCUT2D eigenvalue weighted by Gasteiger charge is 2.53. The number of alkyl halides is 2. The second-order valence-electron chi connectivity index (χ2n) is 8.11. The fourth-order valence-corrected chi connectivity index (χ4v) is 3.94. The molecule has 10 heteroatoms. The van der Waals surface area contributed by atoms with Crippen molar-refractivity contribution >= 4 is 17.7 Å². The average molecular weight is 514 g/mol. The Morgan fingerprint density at radius 1 is 1.00 bits per heavy atom. The van der Waals surface area contributed by atoms with Gasteiger partial charge in [-0.15, -0.1) is 8.78 Å². The highest BCUT2D eigenvalue weighted by molar-refractivity contribution is 6.01. The minimum absolute atomic E-state index is 0.0756. The van der Waals surface area contributed by atoms with Crippen molar-refractivity contribution in [3.05, 3.63) is 71.3 Å². The van der Waals surface area contributed by atoms with Gasteiger partial charge in [0.05, 0.1) is 16.7 Å². The molecule has 8 nitrogen and oxygen atoms in total. The Labute approximate surface area is 213 Å². The number of nitrogens with one attached hydrogen (secondary N) is 1. The van der Waals surface area contributed by atoms with Crippen LogP contribution in [0.1, 0.15) is 48.2 Å². The van der Waals surface area contributed by atoms with Crippen LogP contribution in [0.2, 0.25) is 0 Å². The lowest BCUT2D eigenvalue weighted by Crippen LogP contribution is -2.28. The molecule has 1 aromatic heterocycles. The number of aromatic carboxylic acids is 1. The lowest BCUT2D eigenvalue weighted by atomic mass is 9.94. The molecule has 1 fully saturated rings. The van der Waals surface area contributed by atoms with Gasteiger partial charge in [-0.2, -0.15) is 0 Å². The van der Waals surface area contributed by atoms with Crippen molar-refractivity contribution < 1.29 is 33.0 Å². The van der Waals surface area contributed by atoms with E-state index >= 15 is 0 Å². The SMILES string of the molecule is CC.CN.Cc1ccc(NC(=O)C2(c3ccc4c(c3)OC(F)(F)O4)CC2)nc1-c1cccc(C(=O)O)c1. The maximum Gasteiger partial charge on any atom is 0.586 e. The molecule has 3 aromatic rings. The number of halogens is 2. The van der Waals surface area contributed by atoms with Gasteiger partial charge >= 0.3 is 12.3 Å². The van der Waals surface area contributed by atoms with E-state index in [2.05, 4.69) is 25.5 Å². The van der Waals surface area contributed by atoms with E-state index in [4.69, 9.17) is 0 Å². The first-order chi connectivity index (χ1) is 17.7. The number of rotatable bonds is 5. The molecule has 2 heterocycles. The lowest BCUT2D eigenvalue weighted by Gasteiger charge is -2.17. The first-order valence-corrected chi connectivity index (χ1v) is 11.8. The van der Waals surface area contributed by atoms with Gasteiger partial charge in [0.2, 0.25) is 5.91 Å². The standard InChI is InChI=1S/C24H18F2N2O5.C2H6.CH5N/c1-13-5-8-19(27-20(13)14-3-2-4-15(11-14)21(29)30)28-22(31)23(9-10-23)16-6-7-17-18(12-16)33-24(25,26)32-17;2*1-2/h2-8,11-12H,9-10H2,1H3,(H,29,30)(H,27,28,31);1-2H3;2H2,1H3. The predicted octanol–water partition coefficient (Wildman–Crippen LogP) is 5.35. The molecule has 4 N–H and O–H groups in total. The number of pyridine rings is 1. The number of ether oxygens (including phenoxy) is 2. The van der Waals surface area contributed by atoms with E-state index in [9.17, 15) is 23.5 Å². The maximum atomic E-state index is 13.3. The molecule has 1 aliphatic carbocycles. The van der Waals surface area contributed by atoms with Crippen molar-refractivity contribution in [3.63, 3.8) is 0 Å². The smallest absolute Gasteiger partial charge is 0.478 e. The molecule has 1 saturated carbocycles. The van der Waals surface area contributed by atoms with E-state index < -0.39 is 17.7 Å². The summed E-state index contributed by atoms with van der Waals surface area (Å²) in [5.41, 5.74) is 6.29. The number of carboxylic acids is 1. The van der Waals surface area contributed by atoms with Crippen molar-refractivity contribution in [2.24, 2.45) is 5.73 Å².